The van der Waals surface area contributed by atoms with E-state index in [0.717, 1.165) is 42.3 Å². The zero-order valence-corrected chi connectivity index (χ0v) is 34.0. The van der Waals surface area contributed by atoms with Crippen molar-refractivity contribution in [3.05, 3.63) is 107 Å². The fraction of sp³-hybridized carbons (Fsp3) is 0.372. The van der Waals surface area contributed by atoms with E-state index in [-0.39, 0.29) is 48.9 Å². The van der Waals surface area contributed by atoms with Gasteiger partial charge in [0.25, 0.3) is 0 Å². The molecule has 0 aliphatic carbocycles. The Balaban J connectivity index is 0.000000347. The first-order valence-electron chi connectivity index (χ1n) is 17.4. The number of allylic oxidation sites excluding steroid dienone is 2. The molecule has 1 aromatic heterocycles. The molecule has 3 aromatic carbocycles. The zero-order chi connectivity index (χ0) is 35.2. The van der Waals surface area contributed by atoms with Gasteiger partial charge in [-0.15, -0.1) is 29.1 Å². The number of rotatable bonds is 9. The Kier molecular flexibility index (Phi) is 13.7. The molecule has 0 saturated heterocycles. The van der Waals surface area contributed by atoms with Gasteiger partial charge in [0.15, 0.2) is 5.78 Å². The summed E-state index contributed by atoms with van der Waals surface area (Å²) in [6.07, 6.45) is 9.11. The number of hydrogen-bond donors (Lipinski definition) is 1. The Hall–Kier alpha value is -3.62. The number of ketones is 1. The number of fused-ring (bicyclic) bond motifs is 2. The first-order chi connectivity index (χ1) is 22.8. The van der Waals surface area contributed by atoms with Gasteiger partial charge in [0, 0.05) is 49.9 Å². The molecule has 2 heterocycles. The number of pyridine rings is 1. The van der Waals surface area contributed by atoms with Gasteiger partial charge in [0.2, 0.25) is 0 Å². The van der Waals surface area contributed by atoms with Gasteiger partial charge in [-0.2, -0.15) is 5.26 Å². The van der Waals surface area contributed by atoms with Crippen LogP contribution in [-0.4, -0.2) is 23.9 Å². The predicted octanol–water partition coefficient (Wildman–Crippen LogP) is 10.7. The quantitative estimate of drug-likeness (QED) is 0.0788. The van der Waals surface area contributed by atoms with Gasteiger partial charge in [-0.25, -0.2) is 0 Å². The van der Waals surface area contributed by atoms with E-state index < -0.39 is 8.07 Å². The van der Waals surface area contributed by atoms with Crippen molar-refractivity contribution >= 4 is 41.1 Å². The SMILES string of the molecule is CC(C)(C)c1cc(-c2cc(C3=Cc4cc(C#N)ccc4[Si]3(C)C)ccn2)[c-]c2ccccc12.CCC(CC)C(=O)/C=C(\O)C(CC)CC.[Ir]. The summed E-state index contributed by atoms with van der Waals surface area (Å²) in [4.78, 5) is 16.5. The minimum atomic E-state index is -1.86. The Morgan fingerprint density at radius 1 is 0.959 bits per heavy atom. The predicted molar refractivity (Wildman–Crippen MR) is 205 cm³/mol. The number of nitriles is 1. The van der Waals surface area contributed by atoms with Gasteiger partial charge in [0.05, 0.1) is 17.4 Å². The largest absolute Gasteiger partial charge is 0.512 e. The second kappa shape index (κ2) is 16.9. The molecule has 1 radical (unpaired) electrons. The van der Waals surface area contributed by atoms with E-state index >= 15 is 0 Å². The smallest absolute Gasteiger partial charge is 0.162 e. The zero-order valence-electron chi connectivity index (χ0n) is 30.6. The number of carbonyl (C=O) groups excluding carboxylic acids is 1. The van der Waals surface area contributed by atoms with E-state index in [2.05, 4.69) is 101 Å². The minimum absolute atomic E-state index is 0. The number of aliphatic hydroxyl groups is 1. The fourth-order valence-electron chi connectivity index (χ4n) is 6.76. The third-order valence-electron chi connectivity index (χ3n) is 9.84. The average Bonchev–Trinajstić information content (AvgIpc) is 3.34. The third kappa shape index (κ3) is 8.95. The van der Waals surface area contributed by atoms with E-state index in [4.69, 9.17) is 4.98 Å². The topological polar surface area (TPSA) is 74.0 Å². The molecule has 4 nitrogen and oxygen atoms in total. The Morgan fingerprint density at radius 3 is 2.22 bits per heavy atom. The van der Waals surface area contributed by atoms with Gasteiger partial charge in [-0.1, -0.05) is 109 Å². The normalized spacial score (nSPS) is 13.7. The number of hydrogen-bond acceptors (Lipinski definition) is 4. The van der Waals surface area contributed by atoms with E-state index in [1.807, 2.05) is 46.0 Å². The average molecular weight is 848 g/mol. The summed E-state index contributed by atoms with van der Waals surface area (Å²) < 4.78 is 0. The molecule has 0 amide bonds. The minimum Gasteiger partial charge on any atom is -0.512 e. The van der Waals surface area contributed by atoms with Crippen LogP contribution in [0.5, 0.6) is 0 Å². The van der Waals surface area contributed by atoms with Crippen LogP contribution in [-0.2, 0) is 30.3 Å². The van der Waals surface area contributed by atoms with Crippen molar-refractivity contribution < 1.29 is 30.0 Å². The molecule has 0 saturated carbocycles. The van der Waals surface area contributed by atoms with Crippen molar-refractivity contribution in [1.29, 1.82) is 5.26 Å². The summed E-state index contributed by atoms with van der Waals surface area (Å²) in [6, 6.07) is 27.1. The van der Waals surface area contributed by atoms with Crippen molar-refractivity contribution in [2.75, 3.05) is 0 Å². The molecule has 259 valence electrons. The summed E-state index contributed by atoms with van der Waals surface area (Å²) in [5.41, 5.74) is 6.42. The van der Waals surface area contributed by atoms with Crippen LogP contribution in [0.2, 0.25) is 13.1 Å². The molecule has 49 heavy (non-hydrogen) atoms. The summed E-state index contributed by atoms with van der Waals surface area (Å²) in [7, 11) is -1.86. The van der Waals surface area contributed by atoms with Gasteiger partial charge >= 0.3 is 0 Å². The second-order valence-corrected chi connectivity index (χ2v) is 18.7. The summed E-state index contributed by atoms with van der Waals surface area (Å²) in [6.45, 7) is 19.6. The summed E-state index contributed by atoms with van der Waals surface area (Å²) >= 11 is 0. The summed E-state index contributed by atoms with van der Waals surface area (Å²) in [5, 5.41) is 24.2. The number of nitrogens with zero attached hydrogens (tertiary/aromatic N) is 2. The van der Waals surface area contributed by atoms with Crippen LogP contribution >= 0.6 is 0 Å². The van der Waals surface area contributed by atoms with E-state index in [9.17, 15) is 15.2 Å². The Bertz CT molecular complexity index is 1890. The summed E-state index contributed by atoms with van der Waals surface area (Å²) in [5.74, 6) is 0.547. The van der Waals surface area contributed by atoms with E-state index in [0.29, 0.717) is 5.56 Å². The number of carbonyl (C=O) groups is 1. The van der Waals surface area contributed by atoms with Crippen molar-refractivity contribution in [3.8, 4) is 17.3 Å². The first-order valence-corrected chi connectivity index (χ1v) is 20.4. The molecule has 1 aliphatic heterocycles. The van der Waals surface area contributed by atoms with Crippen LogP contribution in [0, 0.1) is 29.2 Å². The van der Waals surface area contributed by atoms with Crippen LogP contribution in [0.3, 0.4) is 0 Å². The molecule has 1 aliphatic rings. The van der Waals surface area contributed by atoms with Crippen molar-refractivity contribution in [2.45, 2.75) is 92.7 Å². The van der Waals surface area contributed by atoms with Gasteiger partial charge in [-0.05, 0) is 70.8 Å². The maximum absolute atomic E-state index is 11.7. The van der Waals surface area contributed by atoms with E-state index in [1.54, 1.807) is 0 Å². The molecular formula is C43H51IrN2O2Si-. The van der Waals surface area contributed by atoms with Crippen LogP contribution < -0.4 is 5.19 Å². The molecule has 0 spiro atoms. The fourth-order valence-corrected chi connectivity index (χ4v) is 9.81. The maximum atomic E-state index is 11.7. The van der Waals surface area contributed by atoms with Crippen molar-refractivity contribution in [3.63, 3.8) is 0 Å². The van der Waals surface area contributed by atoms with Gasteiger partial charge in [-0.3, -0.25) is 9.78 Å². The molecule has 0 unspecified atom stereocenters. The number of aliphatic hydroxyl groups excluding tert-OH is 1. The van der Waals surface area contributed by atoms with Crippen LogP contribution in [0.15, 0.2) is 78.7 Å². The first kappa shape index (κ1) is 39.8. The molecule has 5 rings (SSSR count). The van der Waals surface area contributed by atoms with Gasteiger partial charge in [0.1, 0.15) is 8.07 Å². The van der Waals surface area contributed by atoms with Crippen molar-refractivity contribution in [1.82, 2.24) is 4.98 Å². The van der Waals surface area contributed by atoms with Crippen LogP contribution in [0.25, 0.3) is 33.3 Å². The Morgan fingerprint density at radius 2 is 1.61 bits per heavy atom. The molecular weight excluding hydrogens is 797 g/mol. The van der Waals surface area contributed by atoms with Crippen molar-refractivity contribution in [2.24, 2.45) is 11.8 Å². The maximum Gasteiger partial charge on any atom is 0.162 e. The number of benzene rings is 3. The third-order valence-corrected chi connectivity index (χ3v) is 13.4. The molecule has 1 N–H and O–H groups in total. The van der Waals surface area contributed by atoms with Crippen LogP contribution in [0.4, 0.5) is 0 Å². The molecule has 0 bridgehead atoms. The molecule has 0 fully saturated rings. The van der Waals surface area contributed by atoms with E-state index in [1.165, 1.54) is 38.5 Å². The molecule has 0 atom stereocenters. The Labute approximate surface area is 308 Å². The number of aromatic nitrogens is 1. The molecule has 6 heteroatoms. The second-order valence-electron chi connectivity index (χ2n) is 14.4. The monoisotopic (exact) mass is 848 g/mol. The van der Waals surface area contributed by atoms with Gasteiger partial charge < -0.3 is 5.11 Å². The van der Waals surface area contributed by atoms with Crippen LogP contribution in [0.1, 0.15) is 96.4 Å². The standard InChI is InChI=1S/C30H27N2Si.C13H24O2.Ir/c1-30(2,3)26-16-23(15-21-8-6-7-9-25(21)26)27-17-22(12-13-32-27)29-18-24-14-20(19-31)10-11-28(24)33(29,4)5;1-5-10(6-2)12(14)9-13(15)11(7-3)8-4;/h6-14,16-18H,1-5H3;9-11,14H,5-8H2,1-4H3;/q-1;;/b;12-9-;. The molecule has 4 aromatic rings.